The third kappa shape index (κ3) is 3.79. The Morgan fingerprint density at radius 2 is 2.24 bits per heavy atom. The molecule has 90 valence electrons. The molecule has 1 N–H and O–H groups in total. The van der Waals surface area contributed by atoms with E-state index in [4.69, 9.17) is 4.74 Å². The Morgan fingerprint density at radius 3 is 3.00 bits per heavy atom. The molecule has 3 heteroatoms. The Bertz CT molecular complexity index is 439. The van der Waals surface area contributed by atoms with Crippen LogP contribution in [0.3, 0.4) is 0 Å². The Balaban J connectivity index is 1.84. The second-order valence-electron chi connectivity index (χ2n) is 3.77. The van der Waals surface area contributed by atoms with Crippen LogP contribution in [0.5, 0.6) is 5.75 Å². The molecule has 1 aromatic carbocycles. The summed E-state index contributed by atoms with van der Waals surface area (Å²) in [6, 6.07) is 10.3. The van der Waals surface area contributed by atoms with Crippen molar-refractivity contribution in [2.75, 3.05) is 18.5 Å². The SMILES string of the molecule is CCOc1cccc(NCCc2ccsc2)c1. The van der Waals surface area contributed by atoms with Gasteiger partial charge in [-0.15, -0.1) is 0 Å². The van der Waals surface area contributed by atoms with Crippen LogP contribution >= 0.6 is 11.3 Å². The van der Waals surface area contributed by atoms with Gasteiger partial charge in [0.05, 0.1) is 6.61 Å². The van der Waals surface area contributed by atoms with Crippen molar-refractivity contribution in [1.29, 1.82) is 0 Å². The molecule has 17 heavy (non-hydrogen) atoms. The van der Waals surface area contributed by atoms with Gasteiger partial charge in [-0.1, -0.05) is 6.07 Å². The van der Waals surface area contributed by atoms with Gasteiger partial charge in [-0.2, -0.15) is 11.3 Å². The zero-order valence-corrected chi connectivity index (χ0v) is 10.8. The van der Waals surface area contributed by atoms with Crippen molar-refractivity contribution in [3.8, 4) is 5.75 Å². The smallest absolute Gasteiger partial charge is 0.121 e. The van der Waals surface area contributed by atoms with E-state index in [1.807, 2.05) is 25.1 Å². The lowest BCUT2D eigenvalue weighted by Crippen LogP contribution is -2.04. The maximum Gasteiger partial charge on any atom is 0.121 e. The number of hydrogen-bond donors (Lipinski definition) is 1. The molecule has 0 radical (unpaired) electrons. The van der Waals surface area contributed by atoms with E-state index in [9.17, 15) is 0 Å². The first kappa shape index (κ1) is 12.0. The third-order valence-corrected chi connectivity index (χ3v) is 3.20. The summed E-state index contributed by atoms with van der Waals surface area (Å²) in [4.78, 5) is 0. The van der Waals surface area contributed by atoms with E-state index < -0.39 is 0 Å². The van der Waals surface area contributed by atoms with Crippen LogP contribution in [-0.2, 0) is 6.42 Å². The van der Waals surface area contributed by atoms with Crippen LogP contribution in [0.2, 0.25) is 0 Å². The molecule has 1 aromatic heterocycles. The Kier molecular flexibility index (Phi) is 4.45. The molecule has 0 aliphatic heterocycles. The number of rotatable bonds is 6. The van der Waals surface area contributed by atoms with Gasteiger partial charge in [-0.25, -0.2) is 0 Å². The van der Waals surface area contributed by atoms with E-state index in [1.54, 1.807) is 11.3 Å². The highest BCUT2D eigenvalue weighted by Crippen LogP contribution is 2.17. The number of hydrogen-bond acceptors (Lipinski definition) is 3. The fraction of sp³-hybridized carbons (Fsp3) is 0.286. The van der Waals surface area contributed by atoms with E-state index in [-0.39, 0.29) is 0 Å². The maximum absolute atomic E-state index is 5.46. The molecule has 0 aliphatic carbocycles. The first-order valence-corrected chi connectivity index (χ1v) is 6.80. The van der Waals surface area contributed by atoms with Crippen LogP contribution in [-0.4, -0.2) is 13.2 Å². The van der Waals surface area contributed by atoms with Crippen molar-refractivity contribution in [1.82, 2.24) is 0 Å². The molecular weight excluding hydrogens is 230 g/mol. The van der Waals surface area contributed by atoms with Crippen LogP contribution in [0.4, 0.5) is 5.69 Å². The van der Waals surface area contributed by atoms with E-state index in [0.717, 1.165) is 24.4 Å². The minimum atomic E-state index is 0.707. The van der Waals surface area contributed by atoms with E-state index in [2.05, 4.69) is 28.2 Å². The average molecular weight is 247 g/mol. The fourth-order valence-electron chi connectivity index (χ4n) is 1.65. The zero-order chi connectivity index (χ0) is 11.9. The Morgan fingerprint density at radius 1 is 1.29 bits per heavy atom. The molecule has 1 heterocycles. The molecule has 0 aliphatic rings. The zero-order valence-electron chi connectivity index (χ0n) is 9.98. The molecular formula is C14H17NOS. The molecule has 2 aromatic rings. The molecule has 0 saturated carbocycles. The topological polar surface area (TPSA) is 21.3 Å². The second kappa shape index (κ2) is 6.30. The van der Waals surface area contributed by atoms with Crippen molar-refractivity contribution < 1.29 is 4.74 Å². The van der Waals surface area contributed by atoms with Gasteiger partial charge in [-0.05, 0) is 47.9 Å². The minimum Gasteiger partial charge on any atom is -0.494 e. The lowest BCUT2D eigenvalue weighted by atomic mass is 10.2. The first-order valence-electron chi connectivity index (χ1n) is 5.86. The van der Waals surface area contributed by atoms with Gasteiger partial charge in [0.15, 0.2) is 0 Å². The highest BCUT2D eigenvalue weighted by Gasteiger charge is 1.96. The molecule has 0 unspecified atom stereocenters. The predicted molar refractivity (Wildman–Crippen MR) is 74.1 cm³/mol. The quantitative estimate of drug-likeness (QED) is 0.838. The van der Waals surface area contributed by atoms with Gasteiger partial charge in [0, 0.05) is 18.3 Å². The predicted octanol–water partition coefficient (Wildman–Crippen LogP) is 3.80. The van der Waals surface area contributed by atoms with Crippen LogP contribution in [0.25, 0.3) is 0 Å². The van der Waals surface area contributed by atoms with E-state index >= 15 is 0 Å². The first-order chi connectivity index (χ1) is 8.38. The van der Waals surface area contributed by atoms with Crippen LogP contribution in [0.15, 0.2) is 41.1 Å². The highest BCUT2D eigenvalue weighted by molar-refractivity contribution is 7.07. The molecule has 0 bridgehead atoms. The second-order valence-corrected chi connectivity index (χ2v) is 4.55. The molecule has 2 rings (SSSR count). The summed E-state index contributed by atoms with van der Waals surface area (Å²) in [5.41, 5.74) is 2.51. The Hall–Kier alpha value is -1.48. The standard InChI is InChI=1S/C14H17NOS/c1-2-16-14-5-3-4-13(10-14)15-8-6-12-7-9-17-11-12/h3-5,7,9-11,15H,2,6,8H2,1H3. The Labute approximate surface area is 106 Å². The summed E-state index contributed by atoms with van der Waals surface area (Å²) in [6.07, 6.45) is 1.06. The maximum atomic E-state index is 5.46. The van der Waals surface area contributed by atoms with E-state index in [1.165, 1.54) is 5.56 Å². The molecule has 0 saturated heterocycles. The third-order valence-electron chi connectivity index (χ3n) is 2.47. The summed E-state index contributed by atoms with van der Waals surface area (Å²) in [5, 5.41) is 7.72. The average Bonchev–Trinajstić information content (AvgIpc) is 2.83. The van der Waals surface area contributed by atoms with Crippen LogP contribution < -0.4 is 10.1 Å². The van der Waals surface area contributed by atoms with Gasteiger partial charge in [-0.3, -0.25) is 0 Å². The van der Waals surface area contributed by atoms with Gasteiger partial charge in [0.2, 0.25) is 0 Å². The summed E-state index contributed by atoms with van der Waals surface area (Å²) < 4.78 is 5.46. The summed E-state index contributed by atoms with van der Waals surface area (Å²) in [5.74, 6) is 0.924. The molecule has 0 fully saturated rings. The van der Waals surface area contributed by atoms with Crippen LogP contribution in [0.1, 0.15) is 12.5 Å². The van der Waals surface area contributed by atoms with Gasteiger partial charge < -0.3 is 10.1 Å². The van der Waals surface area contributed by atoms with Crippen LogP contribution in [0, 0.1) is 0 Å². The fourth-order valence-corrected chi connectivity index (χ4v) is 2.35. The van der Waals surface area contributed by atoms with Crippen molar-refractivity contribution in [2.45, 2.75) is 13.3 Å². The number of anilines is 1. The monoisotopic (exact) mass is 247 g/mol. The summed E-state index contributed by atoms with van der Waals surface area (Å²) >= 11 is 1.75. The molecule has 2 nitrogen and oxygen atoms in total. The van der Waals surface area contributed by atoms with Crippen molar-refractivity contribution in [3.63, 3.8) is 0 Å². The number of nitrogens with one attached hydrogen (secondary N) is 1. The van der Waals surface area contributed by atoms with E-state index in [0.29, 0.717) is 6.61 Å². The van der Waals surface area contributed by atoms with Crippen molar-refractivity contribution >= 4 is 17.0 Å². The highest BCUT2D eigenvalue weighted by atomic mass is 32.1. The lowest BCUT2D eigenvalue weighted by molar-refractivity contribution is 0.340. The van der Waals surface area contributed by atoms with Crippen molar-refractivity contribution in [3.05, 3.63) is 46.7 Å². The summed E-state index contributed by atoms with van der Waals surface area (Å²) in [7, 11) is 0. The summed E-state index contributed by atoms with van der Waals surface area (Å²) in [6.45, 7) is 3.65. The molecule has 0 amide bonds. The minimum absolute atomic E-state index is 0.707. The normalized spacial score (nSPS) is 10.2. The lowest BCUT2D eigenvalue weighted by Gasteiger charge is -2.08. The van der Waals surface area contributed by atoms with Gasteiger partial charge in [0.1, 0.15) is 5.75 Å². The van der Waals surface area contributed by atoms with Crippen molar-refractivity contribution in [2.24, 2.45) is 0 Å². The molecule has 0 spiro atoms. The number of thiophene rings is 1. The number of ether oxygens (including phenoxy) is 1. The largest absolute Gasteiger partial charge is 0.494 e. The van der Waals surface area contributed by atoms with Gasteiger partial charge >= 0.3 is 0 Å². The number of benzene rings is 1. The van der Waals surface area contributed by atoms with Gasteiger partial charge in [0.25, 0.3) is 0 Å². The molecule has 0 atom stereocenters.